The third-order valence-corrected chi connectivity index (χ3v) is 3.81. The maximum absolute atomic E-state index is 6.02. The number of benzene rings is 1. The van der Waals surface area contributed by atoms with E-state index in [1.165, 1.54) is 6.42 Å². The predicted octanol–water partition coefficient (Wildman–Crippen LogP) is 2.13. The zero-order valence-electron chi connectivity index (χ0n) is 11.7. The van der Waals surface area contributed by atoms with Crippen LogP contribution < -0.4 is 15.2 Å². The first-order chi connectivity index (χ1) is 9.76. The molecule has 1 aromatic carbocycles. The van der Waals surface area contributed by atoms with Crippen molar-refractivity contribution in [2.24, 2.45) is 0 Å². The highest BCUT2D eigenvalue weighted by atomic mass is 16.5. The van der Waals surface area contributed by atoms with Crippen molar-refractivity contribution < 1.29 is 9.47 Å². The summed E-state index contributed by atoms with van der Waals surface area (Å²) in [7, 11) is 3.25. The summed E-state index contributed by atoms with van der Waals surface area (Å²) in [5.74, 6) is 3.04. The molecule has 1 heterocycles. The van der Waals surface area contributed by atoms with E-state index in [4.69, 9.17) is 15.2 Å². The molecule has 1 aliphatic carbocycles. The second kappa shape index (κ2) is 5.03. The fourth-order valence-corrected chi connectivity index (χ4v) is 2.52. The van der Waals surface area contributed by atoms with Crippen molar-refractivity contribution >= 4 is 5.95 Å². The fraction of sp³-hybridized carbons (Fsp3) is 0.429. The van der Waals surface area contributed by atoms with E-state index >= 15 is 0 Å². The van der Waals surface area contributed by atoms with Crippen LogP contribution in [-0.4, -0.2) is 29.0 Å². The van der Waals surface area contributed by atoms with Gasteiger partial charge in [0.05, 0.1) is 14.2 Å². The molecule has 0 saturated heterocycles. The molecule has 20 heavy (non-hydrogen) atoms. The predicted molar refractivity (Wildman–Crippen MR) is 75.5 cm³/mol. The van der Waals surface area contributed by atoms with Crippen LogP contribution in [-0.2, 0) is 0 Å². The van der Waals surface area contributed by atoms with Gasteiger partial charge >= 0.3 is 0 Å². The van der Waals surface area contributed by atoms with Gasteiger partial charge in [0, 0.05) is 5.92 Å². The average Bonchev–Trinajstić information content (AvgIpc) is 2.77. The lowest BCUT2D eigenvalue weighted by atomic mass is 9.85. The molecule has 0 bridgehead atoms. The van der Waals surface area contributed by atoms with E-state index in [9.17, 15) is 0 Å². The summed E-state index contributed by atoms with van der Waals surface area (Å²) in [5, 5.41) is 8.27. The second-order valence-corrected chi connectivity index (χ2v) is 4.89. The molecule has 2 N–H and O–H groups in total. The summed E-state index contributed by atoms with van der Waals surface area (Å²) in [4.78, 5) is 0. The topological polar surface area (TPSA) is 75.2 Å². The van der Waals surface area contributed by atoms with E-state index in [0.717, 1.165) is 24.4 Å². The monoisotopic (exact) mass is 274 g/mol. The van der Waals surface area contributed by atoms with Crippen molar-refractivity contribution in [1.82, 2.24) is 14.8 Å². The standard InChI is InChI=1S/C14H18N4O2/c1-19-10-7-4-8-11(20-2)12(10)18-13(9-5-3-6-9)16-17-14(18)15/h4,7-9H,3,5-6H2,1-2H3,(H2,15,17). The molecule has 0 amide bonds. The number of hydrogen-bond acceptors (Lipinski definition) is 5. The molecule has 0 radical (unpaired) electrons. The van der Waals surface area contributed by atoms with Crippen LogP contribution in [0.5, 0.6) is 11.5 Å². The molecule has 3 rings (SSSR count). The Morgan fingerprint density at radius 2 is 1.80 bits per heavy atom. The number of hydrogen-bond donors (Lipinski definition) is 1. The van der Waals surface area contributed by atoms with Crippen LogP contribution in [0.3, 0.4) is 0 Å². The number of aromatic nitrogens is 3. The van der Waals surface area contributed by atoms with Crippen molar-refractivity contribution in [2.75, 3.05) is 20.0 Å². The summed E-state index contributed by atoms with van der Waals surface area (Å²) in [6.45, 7) is 0. The minimum atomic E-state index is 0.356. The lowest BCUT2D eigenvalue weighted by Crippen LogP contribution is -2.16. The van der Waals surface area contributed by atoms with Crippen LogP contribution in [0.2, 0.25) is 0 Å². The Hall–Kier alpha value is -2.24. The third-order valence-electron chi connectivity index (χ3n) is 3.81. The van der Waals surface area contributed by atoms with Crippen LogP contribution in [0.15, 0.2) is 18.2 Å². The molecule has 1 aromatic heterocycles. The maximum Gasteiger partial charge on any atom is 0.226 e. The molecule has 1 aliphatic rings. The molecule has 2 aromatic rings. The van der Waals surface area contributed by atoms with Gasteiger partial charge in [0.2, 0.25) is 5.95 Å². The quantitative estimate of drug-likeness (QED) is 0.924. The summed E-state index contributed by atoms with van der Waals surface area (Å²) in [5.41, 5.74) is 6.78. The van der Waals surface area contributed by atoms with Gasteiger partial charge in [0.25, 0.3) is 0 Å². The zero-order chi connectivity index (χ0) is 14.1. The molecule has 6 nitrogen and oxygen atoms in total. The smallest absolute Gasteiger partial charge is 0.226 e. The van der Waals surface area contributed by atoms with Gasteiger partial charge in [-0.15, -0.1) is 10.2 Å². The van der Waals surface area contributed by atoms with Crippen LogP contribution in [0.1, 0.15) is 31.0 Å². The van der Waals surface area contributed by atoms with Gasteiger partial charge in [-0.2, -0.15) is 0 Å². The number of nitrogens with two attached hydrogens (primary N) is 1. The normalized spacial score (nSPS) is 14.9. The fourth-order valence-electron chi connectivity index (χ4n) is 2.52. The van der Waals surface area contributed by atoms with E-state index < -0.39 is 0 Å². The Labute approximate surface area is 117 Å². The van der Waals surface area contributed by atoms with Crippen molar-refractivity contribution in [1.29, 1.82) is 0 Å². The lowest BCUT2D eigenvalue weighted by molar-refractivity contribution is 0.379. The number of ether oxygens (including phenoxy) is 2. The highest BCUT2D eigenvalue weighted by molar-refractivity contribution is 5.60. The largest absolute Gasteiger partial charge is 0.494 e. The summed E-state index contributed by atoms with van der Waals surface area (Å²) in [6, 6.07) is 5.63. The summed E-state index contributed by atoms with van der Waals surface area (Å²) in [6.07, 6.45) is 3.46. The Morgan fingerprint density at radius 3 is 2.30 bits per heavy atom. The van der Waals surface area contributed by atoms with Gasteiger partial charge in [0.15, 0.2) is 0 Å². The van der Waals surface area contributed by atoms with Crippen molar-refractivity contribution in [2.45, 2.75) is 25.2 Å². The number of rotatable bonds is 4. The minimum Gasteiger partial charge on any atom is -0.494 e. The first-order valence-electron chi connectivity index (χ1n) is 6.68. The molecule has 106 valence electrons. The van der Waals surface area contributed by atoms with Gasteiger partial charge in [-0.1, -0.05) is 12.5 Å². The third kappa shape index (κ3) is 1.88. The molecular weight excluding hydrogens is 256 g/mol. The van der Waals surface area contributed by atoms with Gasteiger partial charge in [-0.05, 0) is 25.0 Å². The van der Waals surface area contributed by atoms with Gasteiger partial charge in [-0.3, -0.25) is 4.57 Å². The molecule has 0 aliphatic heterocycles. The average molecular weight is 274 g/mol. The van der Waals surface area contributed by atoms with Crippen LogP contribution in [0.4, 0.5) is 5.95 Å². The zero-order valence-corrected chi connectivity index (χ0v) is 11.7. The summed E-state index contributed by atoms with van der Waals surface area (Å²) < 4.78 is 12.7. The Kier molecular flexibility index (Phi) is 3.22. The molecule has 6 heteroatoms. The Bertz CT molecular complexity index is 597. The Morgan fingerprint density at radius 1 is 1.15 bits per heavy atom. The molecule has 0 spiro atoms. The van der Waals surface area contributed by atoms with Crippen LogP contribution in [0, 0.1) is 0 Å². The first kappa shape index (κ1) is 12.8. The van der Waals surface area contributed by atoms with E-state index in [1.54, 1.807) is 14.2 Å². The number of methoxy groups -OCH3 is 2. The van der Waals surface area contributed by atoms with Crippen LogP contribution in [0.25, 0.3) is 5.69 Å². The number of nitrogens with zero attached hydrogens (tertiary/aromatic N) is 3. The molecule has 0 unspecified atom stereocenters. The van der Waals surface area contributed by atoms with Gasteiger partial charge < -0.3 is 15.2 Å². The molecule has 1 fully saturated rings. The van der Waals surface area contributed by atoms with E-state index in [0.29, 0.717) is 23.4 Å². The number of nitrogen functional groups attached to an aromatic ring is 1. The SMILES string of the molecule is COc1cccc(OC)c1-n1c(N)nnc1C1CCC1. The second-order valence-electron chi connectivity index (χ2n) is 4.89. The Balaban J connectivity index is 2.20. The van der Waals surface area contributed by atoms with E-state index in [2.05, 4.69) is 10.2 Å². The maximum atomic E-state index is 6.02. The van der Waals surface area contributed by atoms with Crippen molar-refractivity contribution in [3.05, 3.63) is 24.0 Å². The van der Waals surface area contributed by atoms with Crippen molar-refractivity contribution in [3.8, 4) is 17.2 Å². The number of anilines is 1. The van der Waals surface area contributed by atoms with Gasteiger partial charge in [0.1, 0.15) is 23.0 Å². The number of para-hydroxylation sites is 1. The molecular formula is C14H18N4O2. The van der Waals surface area contributed by atoms with Crippen LogP contribution >= 0.6 is 0 Å². The lowest BCUT2D eigenvalue weighted by Gasteiger charge is -2.26. The van der Waals surface area contributed by atoms with Gasteiger partial charge in [-0.25, -0.2) is 0 Å². The molecule has 0 atom stereocenters. The highest BCUT2D eigenvalue weighted by Gasteiger charge is 2.28. The van der Waals surface area contributed by atoms with E-state index in [1.807, 2.05) is 22.8 Å². The first-order valence-corrected chi connectivity index (χ1v) is 6.68. The van der Waals surface area contributed by atoms with Crippen molar-refractivity contribution in [3.63, 3.8) is 0 Å². The summed E-state index contributed by atoms with van der Waals surface area (Å²) >= 11 is 0. The van der Waals surface area contributed by atoms with E-state index in [-0.39, 0.29) is 0 Å². The molecule has 1 saturated carbocycles. The minimum absolute atomic E-state index is 0.356. The highest BCUT2D eigenvalue weighted by Crippen LogP contribution is 2.40.